The minimum Gasteiger partial charge on any atom is -0.329 e. The second-order valence-electron chi connectivity index (χ2n) is 7.45. The van der Waals surface area contributed by atoms with E-state index in [-0.39, 0.29) is 22.9 Å². The Morgan fingerprint density at radius 2 is 1.87 bits per heavy atom. The van der Waals surface area contributed by atoms with Crippen molar-refractivity contribution < 1.29 is 26.4 Å². The number of carbonyl (C=O) groups is 1. The normalized spacial score (nSPS) is 18.6. The Kier molecular flexibility index (Phi) is 5.68. The number of piperazine rings is 1. The smallest absolute Gasteiger partial charge is 0.329 e. The molecule has 0 radical (unpaired) electrons. The van der Waals surface area contributed by atoms with E-state index >= 15 is 0 Å². The number of hydrogen-bond acceptors (Lipinski definition) is 4. The van der Waals surface area contributed by atoms with Crippen molar-refractivity contribution in [2.24, 2.45) is 0 Å². The highest BCUT2D eigenvalue weighted by Gasteiger charge is 2.45. The summed E-state index contributed by atoms with van der Waals surface area (Å²) in [6.45, 7) is 2.94. The molecular weight excluding hydrogens is 441 g/mol. The van der Waals surface area contributed by atoms with E-state index < -0.39 is 33.5 Å². The summed E-state index contributed by atoms with van der Waals surface area (Å²) in [6.07, 6.45) is -3.60. The fraction of sp³-hybridized carbons (Fsp3) is 0.350. The van der Waals surface area contributed by atoms with Crippen molar-refractivity contribution in [3.05, 3.63) is 52.6 Å². The minimum absolute atomic E-state index is 0. The molecule has 2 aromatic carbocycles. The summed E-state index contributed by atoms with van der Waals surface area (Å²) in [5, 5.41) is 3.13. The Morgan fingerprint density at radius 3 is 2.47 bits per heavy atom. The van der Waals surface area contributed by atoms with Crippen molar-refractivity contribution in [1.29, 1.82) is 0 Å². The van der Waals surface area contributed by atoms with Crippen LogP contribution in [0.2, 0.25) is 0 Å². The number of fused-ring (bicyclic) bond motifs is 3. The lowest BCUT2D eigenvalue weighted by Crippen LogP contribution is -2.44. The number of halogens is 4. The Morgan fingerprint density at radius 1 is 1.17 bits per heavy atom. The van der Waals surface area contributed by atoms with E-state index in [4.69, 9.17) is 0 Å². The quantitative estimate of drug-likeness (QED) is 0.743. The molecule has 1 saturated heterocycles. The van der Waals surface area contributed by atoms with Gasteiger partial charge in [-0.2, -0.15) is 13.2 Å². The number of alkyl halides is 3. The number of rotatable bonds is 2. The topological polar surface area (TPSA) is 66.5 Å². The van der Waals surface area contributed by atoms with Crippen LogP contribution in [0.5, 0.6) is 0 Å². The SMILES string of the molecule is Cc1cc(S(C)(=O)=O)ccc1-c1cc2c(c(C(F)(F)F)c1)C(=O)N1CCNC[C@@H]21.Cl. The molecule has 2 aliphatic heterocycles. The van der Waals surface area contributed by atoms with Gasteiger partial charge in [-0.3, -0.25) is 4.79 Å². The van der Waals surface area contributed by atoms with Gasteiger partial charge in [0.2, 0.25) is 0 Å². The molecule has 0 aromatic heterocycles. The van der Waals surface area contributed by atoms with E-state index in [2.05, 4.69) is 5.32 Å². The van der Waals surface area contributed by atoms with Gasteiger partial charge in [0.15, 0.2) is 9.84 Å². The number of sulfone groups is 1. The predicted molar refractivity (Wildman–Crippen MR) is 109 cm³/mol. The van der Waals surface area contributed by atoms with Crippen LogP contribution in [0.3, 0.4) is 0 Å². The zero-order valence-electron chi connectivity index (χ0n) is 16.2. The van der Waals surface area contributed by atoms with Crippen LogP contribution in [0.1, 0.15) is 33.1 Å². The molecule has 1 atom stereocenters. The molecule has 2 heterocycles. The van der Waals surface area contributed by atoms with Gasteiger partial charge in [-0.05, 0) is 53.4 Å². The lowest BCUT2D eigenvalue weighted by Gasteiger charge is -2.30. The van der Waals surface area contributed by atoms with E-state index in [1.807, 2.05) is 0 Å². The van der Waals surface area contributed by atoms with Crippen molar-refractivity contribution in [3.8, 4) is 11.1 Å². The molecule has 1 amide bonds. The summed E-state index contributed by atoms with van der Waals surface area (Å²) in [6, 6.07) is 6.53. The molecule has 5 nitrogen and oxygen atoms in total. The molecule has 0 aliphatic carbocycles. The first-order valence-corrected chi connectivity index (χ1v) is 11.0. The highest BCUT2D eigenvalue weighted by Crippen LogP contribution is 2.44. The van der Waals surface area contributed by atoms with Crippen molar-refractivity contribution in [2.75, 3.05) is 25.9 Å². The first-order valence-electron chi connectivity index (χ1n) is 9.06. The summed E-state index contributed by atoms with van der Waals surface area (Å²) in [5.74, 6) is -0.588. The van der Waals surface area contributed by atoms with Crippen molar-refractivity contribution in [3.63, 3.8) is 0 Å². The molecular formula is C20H20ClF3N2O3S. The molecule has 0 spiro atoms. The average molecular weight is 461 g/mol. The molecule has 30 heavy (non-hydrogen) atoms. The third-order valence-electron chi connectivity index (χ3n) is 5.49. The zero-order chi connectivity index (χ0) is 21.1. The summed E-state index contributed by atoms with van der Waals surface area (Å²) in [4.78, 5) is 14.3. The second-order valence-corrected chi connectivity index (χ2v) is 9.47. The van der Waals surface area contributed by atoms with E-state index in [0.717, 1.165) is 12.3 Å². The Hall–Kier alpha value is -2.10. The molecule has 2 aliphatic rings. The average Bonchev–Trinajstić information content (AvgIpc) is 2.92. The molecule has 162 valence electrons. The van der Waals surface area contributed by atoms with Crippen molar-refractivity contribution >= 4 is 28.2 Å². The van der Waals surface area contributed by atoms with E-state index in [1.54, 1.807) is 13.0 Å². The van der Waals surface area contributed by atoms with Crippen molar-refractivity contribution in [2.45, 2.75) is 24.0 Å². The number of nitrogens with one attached hydrogen (secondary N) is 1. The van der Waals surface area contributed by atoms with Crippen LogP contribution in [0, 0.1) is 6.92 Å². The van der Waals surface area contributed by atoms with Crippen LogP contribution < -0.4 is 5.32 Å². The fourth-order valence-corrected chi connectivity index (χ4v) is 4.81. The van der Waals surface area contributed by atoms with Crippen LogP contribution >= 0.6 is 12.4 Å². The van der Waals surface area contributed by atoms with Gasteiger partial charge in [0.1, 0.15) is 0 Å². The predicted octanol–water partition coefficient (Wildman–Crippen LogP) is 3.61. The van der Waals surface area contributed by atoms with Gasteiger partial charge in [0.05, 0.1) is 22.1 Å². The van der Waals surface area contributed by atoms with E-state index in [0.29, 0.717) is 41.9 Å². The molecule has 10 heteroatoms. The number of aryl methyl sites for hydroxylation is 1. The van der Waals surface area contributed by atoms with Gasteiger partial charge in [-0.1, -0.05) is 6.07 Å². The standard InChI is InChI=1S/C20H19F3N2O3S.ClH/c1-11-7-13(29(2,27)28)3-4-14(11)12-8-15-17-10-24-5-6-25(17)19(26)18(15)16(9-12)20(21,22)23;/h3-4,7-9,17,24H,5-6,10H2,1-2H3;1H/t17-;/m0./s1. The number of nitrogens with zero attached hydrogens (tertiary/aromatic N) is 1. The van der Waals surface area contributed by atoms with Gasteiger partial charge >= 0.3 is 6.18 Å². The summed E-state index contributed by atoms with van der Waals surface area (Å²) >= 11 is 0. The zero-order valence-corrected chi connectivity index (χ0v) is 17.8. The summed E-state index contributed by atoms with van der Waals surface area (Å²) in [7, 11) is -3.43. The second kappa shape index (κ2) is 7.55. The number of benzene rings is 2. The summed E-state index contributed by atoms with van der Waals surface area (Å²) in [5.41, 5.74) is 0.494. The summed E-state index contributed by atoms with van der Waals surface area (Å²) < 4.78 is 65.1. The molecule has 0 unspecified atom stereocenters. The monoisotopic (exact) mass is 460 g/mol. The largest absolute Gasteiger partial charge is 0.417 e. The number of amides is 1. The molecule has 2 aromatic rings. The lowest BCUT2D eigenvalue weighted by atomic mass is 9.91. The third kappa shape index (κ3) is 3.70. The van der Waals surface area contributed by atoms with Gasteiger partial charge in [-0.15, -0.1) is 12.4 Å². The van der Waals surface area contributed by atoms with E-state index in [9.17, 15) is 26.4 Å². The fourth-order valence-electron chi connectivity index (χ4n) is 4.10. The van der Waals surface area contributed by atoms with Gasteiger partial charge in [0.25, 0.3) is 5.91 Å². The van der Waals surface area contributed by atoms with Crippen LogP contribution in [0.25, 0.3) is 11.1 Å². The Labute approximate surface area is 178 Å². The van der Waals surface area contributed by atoms with Gasteiger partial charge in [0, 0.05) is 25.9 Å². The Balaban J connectivity index is 0.00000256. The van der Waals surface area contributed by atoms with Crippen LogP contribution in [-0.4, -0.2) is 45.1 Å². The lowest BCUT2D eigenvalue weighted by molar-refractivity contribution is -0.137. The number of carbonyl (C=O) groups excluding carboxylic acids is 1. The number of hydrogen-bond donors (Lipinski definition) is 1. The van der Waals surface area contributed by atoms with Crippen LogP contribution in [0.15, 0.2) is 35.2 Å². The van der Waals surface area contributed by atoms with E-state index in [1.165, 1.54) is 23.1 Å². The van der Waals surface area contributed by atoms with Gasteiger partial charge < -0.3 is 10.2 Å². The molecule has 0 saturated carbocycles. The first kappa shape index (κ1) is 22.6. The van der Waals surface area contributed by atoms with Crippen molar-refractivity contribution in [1.82, 2.24) is 10.2 Å². The molecule has 1 N–H and O–H groups in total. The first-order chi connectivity index (χ1) is 13.5. The van der Waals surface area contributed by atoms with Gasteiger partial charge in [-0.25, -0.2) is 8.42 Å². The highest BCUT2D eigenvalue weighted by atomic mass is 35.5. The molecule has 1 fully saturated rings. The maximum atomic E-state index is 13.8. The minimum atomic E-state index is -4.68. The maximum absolute atomic E-state index is 13.8. The third-order valence-corrected chi connectivity index (χ3v) is 6.60. The van der Waals surface area contributed by atoms with Crippen LogP contribution in [0.4, 0.5) is 13.2 Å². The molecule has 4 rings (SSSR count). The molecule has 0 bridgehead atoms. The Bertz CT molecular complexity index is 1130. The highest BCUT2D eigenvalue weighted by molar-refractivity contribution is 7.90. The maximum Gasteiger partial charge on any atom is 0.417 e. The van der Waals surface area contributed by atoms with Crippen LogP contribution in [-0.2, 0) is 16.0 Å².